The van der Waals surface area contributed by atoms with Crippen LogP contribution in [0.1, 0.15) is 11.1 Å². The number of hydrogen-bond acceptors (Lipinski definition) is 1. The number of para-hydroxylation sites is 1. The number of hydrogen-bond donors (Lipinski definition) is 0. The van der Waals surface area contributed by atoms with Crippen LogP contribution in [0.4, 0.5) is 0 Å². The molecular weight excluding hydrogens is 222 g/mol. The summed E-state index contributed by atoms with van der Waals surface area (Å²) in [5.74, 6) is 0.804. The highest BCUT2D eigenvalue weighted by molar-refractivity contribution is 6.19. The van der Waals surface area contributed by atoms with Crippen molar-refractivity contribution < 1.29 is 9.30 Å². The minimum atomic E-state index is -0.252. The van der Waals surface area contributed by atoms with Crippen molar-refractivity contribution in [1.29, 1.82) is 0 Å². The number of nitrogens with zero attached hydrogens (tertiary/aromatic N) is 1. The topological polar surface area (TPSA) is 13.1 Å². The number of benzene rings is 1. The van der Waals surface area contributed by atoms with Crippen LogP contribution in [0.15, 0.2) is 54.9 Å². The van der Waals surface area contributed by atoms with E-state index in [0.29, 0.717) is 0 Å². The van der Waals surface area contributed by atoms with Crippen LogP contribution < -0.4 is 9.30 Å². The van der Waals surface area contributed by atoms with E-state index in [1.807, 2.05) is 59.4 Å². The molecule has 0 saturated carbocycles. The Kier molecular flexibility index (Phi) is 3.42. The molecule has 0 aliphatic rings. The molecule has 1 heterocycles. The second-order valence-corrected chi connectivity index (χ2v) is 3.81. The van der Waals surface area contributed by atoms with E-state index >= 15 is 0 Å². The summed E-state index contributed by atoms with van der Waals surface area (Å²) in [5, 5.41) is 0. The summed E-state index contributed by atoms with van der Waals surface area (Å²) < 4.78 is 7.22. The van der Waals surface area contributed by atoms with Gasteiger partial charge in [0.05, 0.1) is 12.7 Å². The molecule has 0 spiro atoms. The molecule has 82 valence electrons. The van der Waals surface area contributed by atoms with Gasteiger partial charge in [0.15, 0.2) is 12.4 Å². The first-order chi connectivity index (χ1) is 7.83. The Morgan fingerprint density at radius 2 is 1.75 bits per heavy atom. The summed E-state index contributed by atoms with van der Waals surface area (Å²) in [4.78, 5) is 0. The van der Waals surface area contributed by atoms with Crippen molar-refractivity contribution in [2.24, 2.45) is 0 Å². The van der Waals surface area contributed by atoms with Crippen LogP contribution in [0.25, 0.3) is 0 Å². The van der Waals surface area contributed by atoms with Crippen LogP contribution in [-0.4, -0.2) is 7.11 Å². The molecule has 16 heavy (non-hydrogen) atoms. The maximum Gasteiger partial charge on any atom is 0.261 e. The van der Waals surface area contributed by atoms with Gasteiger partial charge in [-0.25, -0.2) is 0 Å². The van der Waals surface area contributed by atoms with E-state index < -0.39 is 0 Å². The van der Waals surface area contributed by atoms with Gasteiger partial charge in [-0.05, 0) is 23.7 Å². The fraction of sp³-hybridized carbons (Fsp3) is 0.154. The monoisotopic (exact) mass is 234 g/mol. The predicted octanol–water partition coefficient (Wildman–Crippen LogP) is 2.77. The summed E-state index contributed by atoms with van der Waals surface area (Å²) in [6, 6.07) is 13.6. The normalized spacial score (nSPS) is 12.1. The highest BCUT2D eigenvalue weighted by Gasteiger charge is 2.20. The minimum Gasteiger partial charge on any atom is -0.496 e. The van der Waals surface area contributed by atoms with Crippen LogP contribution in [0.2, 0.25) is 0 Å². The van der Waals surface area contributed by atoms with E-state index in [4.69, 9.17) is 16.3 Å². The zero-order chi connectivity index (χ0) is 11.4. The largest absolute Gasteiger partial charge is 0.496 e. The van der Waals surface area contributed by atoms with Gasteiger partial charge in [0.1, 0.15) is 5.75 Å². The molecule has 0 bridgehead atoms. The quantitative estimate of drug-likeness (QED) is 0.588. The highest BCUT2D eigenvalue weighted by Crippen LogP contribution is 2.26. The van der Waals surface area contributed by atoms with Crippen molar-refractivity contribution in [3.05, 3.63) is 60.4 Å². The Labute approximate surface area is 100 Å². The molecule has 2 rings (SSSR count). The Bertz CT molecular complexity index is 458. The first-order valence-electron chi connectivity index (χ1n) is 5.05. The van der Waals surface area contributed by atoms with E-state index in [1.165, 1.54) is 0 Å². The number of ether oxygens (including phenoxy) is 1. The summed E-state index contributed by atoms with van der Waals surface area (Å²) in [6.45, 7) is 0. The summed E-state index contributed by atoms with van der Waals surface area (Å²) >= 11 is 6.40. The molecule has 2 aromatic rings. The Morgan fingerprint density at radius 3 is 2.44 bits per heavy atom. The van der Waals surface area contributed by atoms with Crippen LogP contribution in [0.5, 0.6) is 5.75 Å². The maximum absolute atomic E-state index is 6.40. The average Bonchev–Trinajstić information content (AvgIpc) is 2.39. The number of methoxy groups -OCH3 is 1. The van der Waals surface area contributed by atoms with Crippen molar-refractivity contribution in [3.63, 3.8) is 0 Å². The van der Waals surface area contributed by atoms with E-state index in [2.05, 4.69) is 0 Å². The summed E-state index contributed by atoms with van der Waals surface area (Å²) in [5.41, 5.74) is 0.709. The number of halogens is 1. The van der Waals surface area contributed by atoms with E-state index in [9.17, 15) is 0 Å². The molecule has 0 aliphatic heterocycles. The zero-order valence-electron chi connectivity index (χ0n) is 9.01. The molecular formula is C13H13ClNO+. The van der Waals surface area contributed by atoms with Gasteiger partial charge in [-0.1, -0.05) is 18.2 Å². The van der Waals surface area contributed by atoms with Gasteiger partial charge in [0.2, 0.25) is 0 Å². The zero-order valence-corrected chi connectivity index (χ0v) is 9.76. The first-order valence-corrected chi connectivity index (χ1v) is 5.49. The first kappa shape index (κ1) is 11.0. The second kappa shape index (κ2) is 4.99. The average molecular weight is 235 g/mol. The third kappa shape index (κ3) is 2.17. The van der Waals surface area contributed by atoms with Crippen molar-refractivity contribution in [2.75, 3.05) is 7.11 Å². The van der Waals surface area contributed by atoms with E-state index in [-0.39, 0.29) is 5.50 Å². The summed E-state index contributed by atoms with van der Waals surface area (Å²) in [7, 11) is 1.65. The Hall–Kier alpha value is -1.54. The minimum absolute atomic E-state index is 0.252. The van der Waals surface area contributed by atoms with Crippen molar-refractivity contribution in [3.8, 4) is 5.75 Å². The van der Waals surface area contributed by atoms with Gasteiger partial charge in [-0.15, -0.1) is 0 Å². The molecule has 0 fully saturated rings. The number of pyridine rings is 1. The molecule has 0 amide bonds. The standard InChI is InChI=1S/C13H13ClNO/c1-16-12-8-4-3-7-11(12)13(14)15-9-5-2-6-10-15/h2-10,13H,1H3/q+1/t13-/m0/s1. The number of alkyl halides is 1. The van der Waals surface area contributed by atoms with Crippen LogP contribution >= 0.6 is 11.6 Å². The van der Waals surface area contributed by atoms with E-state index in [1.54, 1.807) is 7.11 Å². The molecule has 0 aliphatic carbocycles. The van der Waals surface area contributed by atoms with Gasteiger partial charge in [0, 0.05) is 12.1 Å². The number of rotatable bonds is 3. The van der Waals surface area contributed by atoms with Gasteiger partial charge in [-0.3, -0.25) is 0 Å². The predicted molar refractivity (Wildman–Crippen MR) is 63.6 cm³/mol. The molecule has 0 unspecified atom stereocenters. The third-order valence-electron chi connectivity index (χ3n) is 2.40. The lowest BCUT2D eigenvalue weighted by Crippen LogP contribution is -2.35. The molecule has 1 aromatic heterocycles. The molecule has 1 atom stereocenters. The third-order valence-corrected chi connectivity index (χ3v) is 2.86. The van der Waals surface area contributed by atoms with Crippen LogP contribution in [0, 0.1) is 0 Å². The van der Waals surface area contributed by atoms with Gasteiger partial charge in [-0.2, -0.15) is 4.57 Å². The lowest BCUT2D eigenvalue weighted by Gasteiger charge is -2.09. The SMILES string of the molecule is COc1ccccc1[C@@H](Cl)[n+]1ccccc1. The molecule has 0 N–H and O–H groups in total. The van der Waals surface area contributed by atoms with Crippen LogP contribution in [-0.2, 0) is 0 Å². The highest BCUT2D eigenvalue weighted by atomic mass is 35.5. The number of aromatic nitrogens is 1. The molecule has 1 aromatic carbocycles. The molecule has 2 nitrogen and oxygen atoms in total. The lowest BCUT2D eigenvalue weighted by atomic mass is 10.2. The van der Waals surface area contributed by atoms with Gasteiger partial charge < -0.3 is 4.74 Å². The van der Waals surface area contributed by atoms with Crippen LogP contribution in [0.3, 0.4) is 0 Å². The Morgan fingerprint density at radius 1 is 1.06 bits per heavy atom. The van der Waals surface area contributed by atoms with Crippen molar-refractivity contribution in [1.82, 2.24) is 0 Å². The second-order valence-electron chi connectivity index (χ2n) is 3.40. The maximum atomic E-state index is 6.40. The fourth-order valence-electron chi connectivity index (χ4n) is 1.59. The molecule has 0 radical (unpaired) electrons. The lowest BCUT2D eigenvalue weighted by molar-refractivity contribution is -0.694. The molecule has 3 heteroatoms. The van der Waals surface area contributed by atoms with Crippen molar-refractivity contribution >= 4 is 11.6 Å². The van der Waals surface area contributed by atoms with E-state index in [0.717, 1.165) is 11.3 Å². The smallest absolute Gasteiger partial charge is 0.261 e. The fourth-order valence-corrected chi connectivity index (χ4v) is 1.90. The van der Waals surface area contributed by atoms with Crippen molar-refractivity contribution in [2.45, 2.75) is 5.50 Å². The summed E-state index contributed by atoms with van der Waals surface area (Å²) in [6.07, 6.45) is 3.87. The van der Waals surface area contributed by atoms with Gasteiger partial charge >= 0.3 is 0 Å². The molecule has 0 saturated heterocycles. The van der Waals surface area contributed by atoms with Gasteiger partial charge in [0.25, 0.3) is 5.50 Å². The Balaban J connectivity index is 2.37.